The minimum absolute atomic E-state index is 0.121. The maximum Gasteiger partial charge on any atom is 0.214 e. The van der Waals surface area contributed by atoms with Gasteiger partial charge in [0.25, 0.3) is 0 Å². The van der Waals surface area contributed by atoms with Gasteiger partial charge in [0.15, 0.2) is 0 Å². The fourth-order valence-corrected chi connectivity index (χ4v) is 3.07. The van der Waals surface area contributed by atoms with Gasteiger partial charge in [-0.15, -0.1) is 5.10 Å². The Labute approximate surface area is 132 Å². The molecular formula is C16H15FN4S. The molecule has 0 spiro atoms. The van der Waals surface area contributed by atoms with E-state index in [2.05, 4.69) is 15.5 Å². The van der Waals surface area contributed by atoms with Gasteiger partial charge in [0, 0.05) is 5.25 Å². The summed E-state index contributed by atoms with van der Waals surface area (Å²) in [6.45, 7) is 4.08. The Balaban J connectivity index is 1.84. The van der Waals surface area contributed by atoms with Crippen molar-refractivity contribution in [3.8, 4) is 5.69 Å². The van der Waals surface area contributed by atoms with Crippen LogP contribution in [0.15, 0.2) is 53.7 Å². The van der Waals surface area contributed by atoms with Gasteiger partial charge in [0.05, 0.1) is 5.69 Å². The average Bonchev–Trinajstić information content (AvgIpc) is 2.96. The molecule has 0 N–H and O–H groups in total. The van der Waals surface area contributed by atoms with Gasteiger partial charge in [0.2, 0.25) is 5.16 Å². The SMILES string of the molecule is Cc1cccc(-n2nnnc2S[C@@H](C)c2ccc(F)cc2)c1. The zero-order chi connectivity index (χ0) is 15.5. The number of thioether (sulfide) groups is 1. The lowest BCUT2D eigenvalue weighted by Crippen LogP contribution is -2.00. The minimum atomic E-state index is -0.231. The summed E-state index contributed by atoms with van der Waals surface area (Å²) in [5.74, 6) is -0.231. The number of nitrogens with zero attached hydrogens (tertiary/aromatic N) is 4. The van der Waals surface area contributed by atoms with Gasteiger partial charge in [-0.1, -0.05) is 36.0 Å². The second-order valence-electron chi connectivity index (χ2n) is 5.02. The monoisotopic (exact) mass is 314 g/mol. The summed E-state index contributed by atoms with van der Waals surface area (Å²) in [6.07, 6.45) is 0. The summed E-state index contributed by atoms with van der Waals surface area (Å²) in [5, 5.41) is 12.8. The Morgan fingerprint density at radius 1 is 1.14 bits per heavy atom. The molecule has 6 heteroatoms. The number of rotatable bonds is 4. The van der Waals surface area contributed by atoms with Crippen molar-refractivity contribution in [1.29, 1.82) is 0 Å². The molecule has 3 rings (SSSR count). The Hall–Kier alpha value is -2.21. The molecule has 0 aliphatic rings. The summed E-state index contributed by atoms with van der Waals surface area (Å²) >= 11 is 1.54. The maximum atomic E-state index is 13.0. The van der Waals surface area contributed by atoms with Gasteiger partial charge in [-0.2, -0.15) is 4.68 Å². The predicted octanol–water partition coefficient (Wildman–Crippen LogP) is 3.96. The molecule has 0 radical (unpaired) electrons. The molecule has 1 heterocycles. The fourth-order valence-electron chi connectivity index (χ4n) is 2.13. The Bertz CT molecular complexity index is 770. The van der Waals surface area contributed by atoms with E-state index in [1.807, 2.05) is 38.1 Å². The molecule has 0 aliphatic heterocycles. The molecule has 2 aromatic carbocycles. The lowest BCUT2D eigenvalue weighted by molar-refractivity contribution is 0.627. The first-order valence-electron chi connectivity index (χ1n) is 6.91. The fraction of sp³-hybridized carbons (Fsp3) is 0.188. The van der Waals surface area contributed by atoms with Crippen LogP contribution in [0.1, 0.15) is 23.3 Å². The normalized spacial score (nSPS) is 12.3. The zero-order valence-corrected chi connectivity index (χ0v) is 13.1. The third-order valence-corrected chi connectivity index (χ3v) is 4.40. The molecule has 0 aliphatic carbocycles. The molecule has 4 nitrogen and oxygen atoms in total. The summed E-state index contributed by atoms with van der Waals surface area (Å²) in [6, 6.07) is 14.5. The quantitative estimate of drug-likeness (QED) is 0.684. The van der Waals surface area contributed by atoms with Crippen LogP contribution in [-0.2, 0) is 0 Å². The summed E-state index contributed by atoms with van der Waals surface area (Å²) in [7, 11) is 0. The van der Waals surface area contributed by atoms with Crippen molar-refractivity contribution in [2.75, 3.05) is 0 Å². The van der Waals surface area contributed by atoms with E-state index in [1.165, 1.54) is 12.1 Å². The zero-order valence-electron chi connectivity index (χ0n) is 12.3. The van der Waals surface area contributed by atoms with Crippen LogP contribution in [0.2, 0.25) is 0 Å². The van der Waals surface area contributed by atoms with Crippen LogP contribution in [-0.4, -0.2) is 20.2 Å². The Morgan fingerprint density at radius 3 is 2.64 bits per heavy atom. The lowest BCUT2D eigenvalue weighted by Gasteiger charge is -2.11. The van der Waals surface area contributed by atoms with Crippen LogP contribution in [0.25, 0.3) is 5.69 Å². The van der Waals surface area contributed by atoms with E-state index in [1.54, 1.807) is 28.6 Å². The predicted molar refractivity (Wildman–Crippen MR) is 84.6 cm³/mol. The van der Waals surface area contributed by atoms with E-state index in [0.717, 1.165) is 16.8 Å². The van der Waals surface area contributed by atoms with E-state index in [-0.39, 0.29) is 11.1 Å². The van der Waals surface area contributed by atoms with Crippen molar-refractivity contribution < 1.29 is 4.39 Å². The summed E-state index contributed by atoms with van der Waals surface area (Å²) < 4.78 is 14.7. The molecule has 0 amide bonds. The molecule has 22 heavy (non-hydrogen) atoms. The average molecular weight is 314 g/mol. The highest BCUT2D eigenvalue weighted by atomic mass is 32.2. The van der Waals surface area contributed by atoms with E-state index >= 15 is 0 Å². The van der Waals surface area contributed by atoms with Gasteiger partial charge in [-0.05, 0) is 59.7 Å². The first-order chi connectivity index (χ1) is 10.6. The molecule has 0 unspecified atom stereocenters. The number of hydrogen-bond acceptors (Lipinski definition) is 4. The summed E-state index contributed by atoms with van der Waals surface area (Å²) in [5.41, 5.74) is 3.11. The number of tetrazole rings is 1. The topological polar surface area (TPSA) is 43.6 Å². The molecule has 3 aromatic rings. The van der Waals surface area contributed by atoms with Gasteiger partial charge >= 0.3 is 0 Å². The van der Waals surface area contributed by atoms with Crippen LogP contribution in [0.4, 0.5) is 4.39 Å². The summed E-state index contributed by atoms with van der Waals surface area (Å²) in [4.78, 5) is 0. The lowest BCUT2D eigenvalue weighted by atomic mass is 10.2. The third-order valence-electron chi connectivity index (χ3n) is 3.31. The first-order valence-corrected chi connectivity index (χ1v) is 7.79. The Morgan fingerprint density at radius 2 is 1.91 bits per heavy atom. The molecule has 112 valence electrons. The molecule has 0 saturated carbocycles. The van der Waals surface area contributed by atoms with Gasteiger partial charge in [-0.25, -0.2) is 4.39 Å². The van der Waals surface area contributed by atoms with Gasteiger partial charge in [0.1, 0.15) is 5.82 Å². The highest BCUT2D eigenvalue weighted by Gasteiger charge is 2.14. The number of aromatic nitrogens is 4. The van der Waals surface area contributed by atoms with Crippen LogP contribution in [0.5, 0.6) is 0 Å². The molecular weight excluding hydrogens is 299 g/mol. The van der Waals surface area contributed by atoms with Gasteiger partial charge < -0.3 is 0 Å². The first kappa shape index (κ1) is 14.7. The van der Waals surface area contributed by atoms with Crippen molar-refractivity contribution in [3.05, 3.63) is 65.5 Å². The molecule has 1 atom stereocenters. The van der Waals surface area contributed by atoms with Crippen molar-refractivity contribution in [3.63, 3.8) is 0 Å². The van der Waals surface area contributed by atoms with E-state index in [0.29, 0.717) is 5.16 Å². The molecule has 1 aromatic heterocycles. The molecule has 0 bridgehead atoms. The Kier molecular flexibility index (Phi) is 4.20. The smallest absolute Gasteiger partial charge is 0.207 e. The second kappa shape index (κ2) is 6.27. The molecule has 0 fully saturated rings. The number of halogens is 1. The van der Waals surface area contributed by atoms with Gasteiger partial charge in [-0.3, -0.25) is 0 Å². The van der Waals surface area contributed by atoms with Crippen LogP contribution < -0.4 is 0 Å². The minimum Gasteiger partial charge on any atom is -0.207 e. The van der Waals surface area contributed by atoms with E-state index < -0.39 is 0 Å². The van der Waals surface area contributed by atoms with Crippen molar-refractivity contribution in [2.24, 2.45) is 0 Å². The van der Waals surface area contributed by atoms with E-state index in [9.17, 15) is 4.39 Å². The number of hydrogen-bond donors (Lipinski definition) is 0. The van der Waals surface area contributed by atoms with Crippen LogP contribution in [0, 0.1) is 12.7 Å². The number of benzene rings is 2. The highest BCUT2D eigenvalue weighted by Crippen LogP contribution is 2.34. The van der Waals surface area contributed by atoms with Crippen molar-refractivity contribution in [2.45, 2.75) is 24.3 Å². The van der Waals surface area contributed by atoms with Crippen molar-refractivity contribution >= 4 is 11.8 Å². The number of aryl methyl sites for hydroxylation is 1. The van der Waals surface area contributed by atoms with Crippen LogP contribution >= 0.6 is 11.8 Å². The molecule has 0 saturated heterocycles. The highest BCUT2D eigenvalue weighted by molar-refractivity contribution is 7.99. The standard InChI is InChI=1S/C16H15FN4S/c1-11-4-3-5-15(10-11)21-16(18-19-20-21)22-12(2)13-6-8-14(17)9-7-13/h3-10,12H,1-2H3/t12-/m0/s1. The van der Waals surface area contributed by atoms with Crippen molar-refractivity contribution in [1.82, 2.24) is 20.2 Å². The van der Waals surface area contributed by atoms with E-state index in [4.69, 9.17) is 0 Å². The second-order valence-corrected chi connectivity index (χ2v) is 6.33. The third kappa shape index (κ3) is 3.17. The largest absolute Gasteiger partial charge is 0.214 e. The maximum absolute atomic E-state index is 13.0. The van der Waals surface area contributed by atoms with Crippen LogP contribution in [0.3, 0.4) is 0 Å².